The summed E-state index contributed by atoms with van der Waals surface area (Å²) in [4.78, 5) is 13.5. The fourth-order valence-electron chi connectivity index (χ4n) is 2.09. The number of rotatable bonds is 4. The molecule has 0 saturated carbocycles. The van der Waals surface area contributed by atoms with Crippen molar-refractivity contribution in [1.29, 1.82) is 0 Å². The largest absolute Gasteiger partial charge is 0.479 e. The number of benzene rings is 1. The Morgan fingerprint density at radius 2 is 2.26 bits per heavy atom. The van der Waals surface area contributed by atoms with Crippen LogP contribution in [-0.2, 0) is 11.3 Å². The average Bonchev–Trinajstić information content (AvgIpc) is 2.36. The lowest BCUT2D eigenvalue weighted by Gasteiger charge is -2.30. The fraction of sp³-hybridized carbons (Fsp3) is 0.500. The van der Waals surface area contributed by atoms with Gasteiger partial charge >= 0.3 is 0 Å². The van der Waals surface area contributed by atoms with Gasteiger partial charge < -0.3 is 20.1 Å². The van der Waals surface area contributed by atoms with Gasteiger partial charge in [-0.1, -0.05) is 6.07 Å². The first-order valence-corrected chi connectivity index (χ1v) is 6.45. The van der Waals surface area contributed by atoms with Crippen LogP contribution in [-0.4, -0.2) is 36.8 Å². The third-order valence-corrected chi connectivity index (χ3v) is 3.14. The molecule has 1 aliphatic heterocycles. The number of nitrogens with zero attached hydrogens (tertiary/aromatic N) is 1. The quantitative estimate of drug-likeness (QED) is 0.848. The van der Waals surface area contributed by atoms with Gasteiger partial charge in [0, 0.05) is 20.1 Å². The summed E-state index contributed by atoms with van der Waals surface area (Å²) in [5.41, 5.74) is 1.84. The molecule has 0 aliphatic carbocycles. The van der Waals surface area contributed by atoms with Crippen LogP contribution in [0.15, 0.2) is 18.2 Å². The summed E-state index contributed by atoms with van der Waals surface area (Å²) in [6.45, 7) is 4.68. The maximum absolute atomic E-state index is 11.9. The Balaban J connectivity index is 2.12. The second-order valence-corrected chi connectivity index (χ2v) is 4.94. The maximum atomic E-state index is 11.9. The van der Waals surface area contributed by atoms with Crippen LogP contribution in [0, 0.1) is 0 Å². The van der Waals surface area contributed by atoms with Gasteiger partial charge in [-0.3, -0.25) is 4.79 Å². The van der Waals surface area contributed by atoms with E-state index in [4.69, 9.17) is 4.74 Å². The van der Waals surface area contributed by atoms with Crippen molar-refractivity contribution in [3.8, 4) is 5.75 Å². The number of carbonyl (C=O) groups is 1. The van der Waals surface area contributed by atoms with Crippen molar-refractivity contribution in [3.63, 3.8) is 0 Å². The van der Waals surface area contributed by atoms with Crippen molar-refractivity contribution in [3.05, 3.63) is 23.8 Å². The minimum absolute atomic E-state index is 0.0402. The summed E-state index contributed by atoms with van der Waals surface area (Å²) in [6, 6.07) is 5.78. The lowest BCUT2D eigenvalue weighted by atomic mass is 10.1. The van der Waals surface area contributed by atoms with E-state index in [0.29, 0.717) is 13.1 Å². The molecule has 1 aliphatic rings. The van der Waals surface area contributed by atoms with Crippen molar-refractivity contribution in [2.45, 2.75) is 32.6 Å². The van der Waals surface area contributed by atoms with Gasteiger partial charge in [0.05, 0.1) is 11.8 Å². The highest BCUT2D eigenvalue weighted by molar-refractivity contribution is 5.99. The van der Waals surface area contributed by atoms with Gasteiger partial charge in [0.25, 0.3) is 5.91 Å². The molecule has 5 heteroatoms. The van der Waals surface area contributed by atoms with E-state index in [2.05, 4.69) is 5.32 Å². The topological polar surface area (TPSA) is 61.8 Å². The number of aliphatic hydroxyl groups excluding tert-OH is 1. The van der Waals surface area contributed by atoms with Gasteiger partial charge in [0.2, 0.25) is 0 Å². The Labute approximate surface area is 113 Å². The van der Waals surface area contributed by atoms with Crippen LogP contribution >= 0.6 is 0 Å². The Morgan fingerprint density at radius 3 is 2.95 bits per heavy atom. The third-order valence-electron chi connectivity index (χ3n) is 3.14. The predicted molar refractivity (Wildman–Crippen MR) is 73.3 cm³/mol. The summed E-state index contributed by atoms with van der Waals surface area (Å²) < 4.78 is 5.56. The highest BCUT2D eigenvalue weighted by Crippen LogP contribution is 2.33. The smallest absolute Gasteiger partial charge is 0.267 e. The number of ether oxygens (including phenoxy) is 1. The van der Waals surface area contributed by atoms with Gasteiger partial charge in [0.1, 0.15) is 5.75 Å². The summed E-state index contributed by atoms with van der Waals surface area (Å²) in [5, 5.41) is 12.3. The van der Waals surface area contributed by atoms with Gasteiger partial charge in [-0.2, -0.15) is 0 Å². The molecule has 2 N–H and O–H groups in total. The lowest BCUT2D eigenvalue weighted by molar-refractivity contribution is -0.125. The molecule has 0 spiro atoms. The van der Waals surface area contributed by atoms with Crippen LogP contribution in [0.3, 0.4) is 0 Å². The number of likely N-dealkylation sites (N-methyl/N-ethyl adjacent to an activating group) is 1. The summed E-state index contributed by atoms with van der Waals surface area (Å²) in [7, 11) is 1.76. The molecule has 0 bridgehead atoms. The number of hydrogen-bond acceptors (Lipinski definition) is 4. The minimum atomic E-state index is -0.434. The molecule has 1 aromatic rings. The molecule has 1 aromatic carbocycles. The van der Waals surface area contributed by atoms with Gasteiger partial charge in [-0.15, -0.1) is 0 Å². The van der Waals surface area contributed by atoms with E-state index in [1.54, 1.807) is 25.8 Å². The van der Waals surface area contributed by atoms with E-state index in [-0.39, 0.29) is 12.0 Å². The van der Waals surface area contributed by atoms with Gasteiger partial charge in [-0.25, -0.2) is 0 Å². The predicted octanol–water partition coefficient (Wildman–Crippen LogP) is 0.901. The summed E-state index contributed by atoms with van der Waals surface area (Å²) >= 11 is 0. The molecule has 2 rings (SSSR count). The van der Waals surface area contributed by atoms with Gasteiger partial charge in [0.15, 0.2) is 6.10 Å². The number of carbonyl (C=O) groups excluding carboxylic acids is 1. The van der Waals surface area contributed by atoms with E-state index < -0.39 is 6.10 Å². The van der Waals surface area contributed by atoms with Crippen LogP contribution in [0.1, 0.15) is 19.4 Å². The first kappa shape index (κ1) is 13.8. The van der Waals surface area contributed by atoms with E-state index in [1.165, 1.54) is 0 Å². The van der Waals surface area contributed by atoms with Crippen molar-refractivity contribution in [1.82, 2.24) is 5.32 Å². The van der Waals surface area contributed by atoms with Gasteiger partial charge in [-0.05, 0) is 31.5 Å². The van der Waals surface area contributed by atoms with Crippen LogP contribution in [0.4, 0.5) is 5.69 Å². The Hall–Kier alpha value is -1.59. The number of hydrogen-bond donors (Lipinski definition) is 2. The zero-order valence-electron chi connectivity index (χ0n) is 11.5. The van der Waals surface area contributed by atoms with E-state index in [1.807, 2.05) is 18.2 Å². The third kappa shape index (κ3) is 3.05. The van der Waals surface area contributed by atoms with Crippen molar-refractivity contribution < 1.29 is 14.6 Å². The van der Waals surface area contributed by atoms with Crippen LogP contribution in [0.5, 0.6) is 5.75 Å². The standard InChI is InChI=1S/C14H20N2O3/c1-9(17)7-15-8-11-4-5-13-12(6-11)16(3)14(18)10(2)19-13/h4-6,9-10,15,17H,7-8H2,1-3H3. The first-order chi connectivity index (χ1) is 8.99. The number of nitrogens with one attached hydrogen (secondary N) is 1. The number of aliphatic hydroxyl groups is 1. The number of amides is 1. The number of fused-ring (bicyclic) bond motifs is 1. The molecule has 0 saturated heterocycles. The molecule has 0 aromatic heterocycles. The molecule has 19 heavy (non-hydrogen) atoms. The molecular weight excluding hydrogens is 244 g/mol. The molecule has 5 nitrogen and oxygen atoms in total. The number of anilines is 1. The minimum Gasteiger partial charge on any atom is -0.479 e. The molecule has 2 unspecified atom stereocenters. The molecule has 0 radical (unpaired) electrons. The maximum Gasteiger partial charge on any atom is 0.267 e. The van der Waals surface area contributed by atoms with Crippen LogP contribution in [0.25, 0.3) is 0 Å². The SMILES string of the molecule is CC(O)CNCc1ccc2c(c1)N(C)C(=O)C(C)O2. The highest BCUT2D eigenvalue weighted by Gasteiger charge is 2.28. The second-order valence-electron chi connectivity index (χ2n) is 4.94. The highest BCUT2D eigenvalue weighted by atomic mass is 16.5. The summed E-state index contributed by atoms with van der Waals surface area (Å²) in [5.74, 6) is 0.690. The normalized spacial score (nSPS) is 19.9. The molecule has 1 heterocycles. The first-order valence-electron chi connectivity index (χ1n) is 6.45. The van der Waals surface area contributed by atoms with Crippen LogP contribution < -0.4 is 15.0 Å². The Bertz CT molecular complexity index is 474. The van der Waals surface area contributed by atoms with Crippen molar-refractivity contribution in [2.75, 3.05) is 18.5 Å². The second kappa shape index (κ2) is 5.59. The monoisotopic (exact) mass is 264 g/mol. The zero-order valence-corrected chi connectivity index (χ0v) is 11.5. The van der Waals surface area contributed by atoms with E-state index >= 15 is 0 Å². The summed E-state index contributed by atoms with van der Waals surface area (Å²) in [6.07, 6.45) is -0.803. The molecular formula is C14H20N2O3. The molecule has 1 amide bonds. The fourth-order valence-corrected chi connectivity index (χ4v) is 2.09. The molecule has 0 fully saturated rings. The van der Waals surface area contributed by atoms with Crippen LogP contribution in [0.2, 0.25) is 0 Å². The van der Waals surface area contributed by atoms with Crippen molar-refractivity contribution >= 4 is 11.6 Å². The molecule has 2 atom stereocenters. The Morgan fingerprint density at radius 1 is 1.53 bits per heavy atom. The van der Waals surface area contributed by atoms with E-state index in [0.717, 1.165) is 17.0 Å². The zero-order chi connectivity index (χ0) is 14.0. The van der Waals surface area contributed by atoms with Crippen molar-refractivity contribution in [2.24, 2.45) is 0 Å². The molecule has 104 valence electrons. The average molecular weight is 264 g/mol. The Kier molecular flexibility index (Phi) is 4.07. The van der Waals surface area contributed by atoms with E-state index in [9.17, 15) is 9.90 Å². The lowest BCUT2D eigenvalue weighted by Crippen LogP contribution is -2.42.